The van der Waals surface area contributed by atoms with E-state index in [1.165, 1.54) is 11.5 Å². The number of anilines is 2. The van der Waals surface area contributed by atoms with Gasteiger partial charge in [0.15, 0.2) is 5.82 Å². The number of nitrogen functional groups attached to an aromatic ring is 1. The smallest absolute Gasteiger partial charge is 0.255 e. The van der Waals surface area contributed by atoms with Crippen LogP contribution in [0, 0.1) is 0 Å². The molecule has 1 aromatic heterocycles. The second-order valence-electron chi connectivity index (χ2n) is 4.77. The van der Waals surface area contributed by atoms with Crippen LogP contribution >= 0.6 is 11.5 Å². The van der Waals surface area contributed by atoms with Gasteiger partial charge in [-0.3, -0.25) is 4.79 Å². The van der Waals surface area contributed by atoms with Crippen LogP contribution < -0.4 is 16.4 Å². The summed E-state index contributed by atoms with van der Waals surface area (Å²) in [7, 11) is 2.11. The normalized spacial score (nSPS) is 21.9. The summed E-state index contributed by atoms with van der Waals surface area (Å²) in [5.74, 6) is -0.256. The average Bonchev–Trinajstić information content (AvgIpc) is 2.57. The third-order valence-electron chi connectivity index (χ3n) is 3.25. The van der Waals surface area contributed by atoms with Crippen LogP contribution in [0.5, 0.6) is 0 Å². The second-order valence-corrected chi connectivity index (χ2v) is 5.52. The highest BCUT2D eigenvalue weighted by Gasteiger charge is 2.27. The summed E-state index contributed by atoms with van der Waals surface area (Å²) in [6, 6.07) is 0.315. The number of amides is 1. The predicted molar refractivity (Wildman–Crippen MR) is 74.0 cm³/mol. The quantitative estimate of drug-likeness (QED) is 0.809. The fourth-order valence-corrected chi connectivity index (χ4v) is 3.34. The molecule has 0 aliphatic carbocycles. The molecule has 0 bridgehead atoms. The molecular weight excluding hydrogens is 250 g/mol. The Morgan fingerprint density at radius 2 is 2.22 bits per heavy atom. The standard InChI is InChI=1S/C11H19N5OS/c1-7-6-15(2)4-3-5-16(7)11-8(10(13)17)9(12)14-18-11/h7H,3-6H2,1-2H3,(H2,12,14)(H2,13,17). The van der Waals surface area contributed by atoms with E-state index in [0.29, 0.717) is 11.6 Å². The molecule has 0 spiro atoms. The minimum absolute atomic E-state index is 0.243. The van der Waals surface area contributed by atoms with E-state index in [0.717, 1.165) is 31.1 Å². The number of carbonyl (C=O) groups is 1. The van der Waals surface area contributed by atoms with E-state index in [-0.39, 0.29) is 5.82 Å². The molecule has 1 aliphatic rings. The fourth-order valence-electron chi connectivity index (χ4n) is 2.39. The Hall–Kier alpha value is -1.34. The van der Waals surface area contributed by atoms with Crippen molar-refractivity contribution in [2.45, 2.75) is 19.4 Å². The van der Waals surface area contributed by atoms with Gasteiger partial charge in [-0.2, -0.15) is 4.37 Å². The van der Waals surface area contributed by atoms with Gasteiger partial charge in [-0.1, -0.05) is 0 Å². The lowest BCUT2D eigenvalue weighted by Crippen LogP contribution is -2.38. The van der Waals surface area contributed by atoms with Crippen molar-refractivity contribution in [3.63, 3.8) is 0 Å². The van der Waals surface area contributed by atoms with E-state index < -0.39 is 5.91 Å². The van der Waals surface area contributed by atoms with Gasteiger partial charge in [-0.25, -0.2) is 0 Å². The molecule has 18 heavy (non-hydrogen) atoms. The molecule has 6 nitrogen and oxygen atoms in total. The summed E-state index contributed by atoms with van der Waals surface area (Å²) >= 11 is 1.26. The van der Waals surface area contributed by atoms with Gasteiger partial charge >= 0.3 is 0 Å². The summed E-state index contributed by atoms with van der Waals surface area (Å²) in [6.07, 6.45) is 1.05. The summed E-state index contributed by atoms with van der Waals surface area (Å²) in [5.41, 5.74) is 11.5. The molecule has 1 aliphatic heterocycles. The molecule has 2 rings (SSSR count). The van der Waals surface area contributed by atoms with Crippen LogP contribution in [-0.4, -0.2) is 47.9 Å². The van der Waals surface area contributed by atoms with Crippen molar-refractivity contribution in [3.05, 3.63) is 5.56 Å². The number of aromatic nitrogens is 1. The zero-order valence-corrected chi connectivity index (χ0v) is 11.5. The predicted octanol–water partition coefficient (Wildman–Crippen LogP) is 0.355. The van der Waals surface area contributed by atoms with Crippen molar-refractivity contribution in [1.82, 2.24) is 9.27 Å². The summed E-state index contributed by atoms with van der Waals surface area (Å²) < 4.78 is 4.06. The highest BCUT2D eigenvalue weighted by Crippen LogP contribution is 2.32. The molecule has 0 saturated carbocycles. The number of nitrogens with two attached hydrogens (primary N) is 2. The maximum atomic E-state index is 11.5. The summed E-state index contributed by atoms with van der Waals surface area (Å²) in [6.45, 7) is 5.05. The Morgan fingerprint density at radius 1 is 1.50 bits per heavy atom. The minimum Gasteiger partial charge on any atom is -0.382 e. The number of rotatable bonds is 2. The molecule has 4 N–H and O–H groups in total. The molecule has 1 atom stereocenters. The Kier molecular flexibility index (Phi) is 3.72. The van der Waals surface area contributed by atoms with E-state index in [2.05, 4.69) is 28.1 Å². The topological polar surface area (TPSA) is 88.5 Å². The van der Waals surface area contributed by atoms with E-state index in [1.54, 1.807) is 0 Å². The second kappa shape index (κ2) is 5.11. The maximum absolute atomic E-state index is 11.5. The number of primary amides is 1. The van der Waals surface area contributed by atoms with Crippen molar-refractivity contribution in [1.29, 1.82) is 0 Å². The van der Waals surface area contributed by atoms with Gasteiger partial charge in [0.2, 0.25) is 0 Å². The third kappa shape index (κ3) is 2.41. The van der Waals surface area contributed by atoms with Crippen molar-refractivity contribution in [2.24, 2.45) is 5.73 Å². The zero-order chi connectivity index (χ0) is 13.3. The Bertz CT molecular complexity index is 447. The van der Waals surface area contributed by atoms with E-state index in [4.69, 9.17) is 11.5 Å². The van der Waals surface area contributed by atoms with Crippen LogP contribution in [-0.2, 0) is 0 Å². The van der Waals surface area contributed by atoms with Crippen LogP contribution in [0.25, 0.3) is 0 Å². The first-order valence-corrected chi connectivity index (χ1v) is 6.78. The van der Waals surface area contributed by atoms with Crippen molar-refractivity contribution in [2.75, 3.05) is 37.3 Å². The minimum atomic E-state index is -0.499. The lowest BCUT2D eigenvalue weighted by atomic mass is 10.2. The number of hydrogen-bond acceptors (Lipinski definition) is 6. The first-order valence-electron chi connectivity index (χ1n) is 6.01. The van der Waals surface area contributed by atoms with E-state index in [9.17, 15) is 4.79 Å². The van der Waals surface area contributed by atoms with Crippen LogP contribution in [0.15, 0.2) is 0 Å². The van der Waals surface area contributed by atoms with Gasteiger partial charge in [-0.05, 0) is 38.5 Å². The monoisotopic (exact) mass is 269 g/mol. The van der Waals surface area contributed by atoms with Gasteiger partial charge < -0.3 is 21.3 Å². The molecule has 100 valence electrons. The molecular formula is C11H19N5OS. The molecule has 1 amide bonds. The Morgan fingerprint density at radius 3 is 2.89 bits per heavy atom. The van der Waals surface area contributed by atoms with Gasteiger partial charge in [0.25, 0.3) is 5.91 Å². The van der Waals surface area contributed by atoms with Gasteiger partial charge in [0.05, 0.1) is 0 Å². The Labute approximate surface area is 111 Å². The summed E-state index contributed by atoms with van der Waals surface area (Å²) in [5, 5.41) is 0.808. The third-order valence-corrected chi connectivity index (χ3v) is 4.15. The van der Waals surface area contributed by atoms with Crippen molar-refractivity contribution >= 4 is 28.3 Å². The summed E-state index contributed by atoms with van der Waals surface area (Å²) in [4.78, 5) is 16.0. The largest absolute Gasteiger partial charge is 0.382 e. The first kappa shape index (κ1) is 13.1. The SMILES string of the molecule is CC1CN(C)CCCN1c1snc(N)c1C(N)=O. The molecule has 2 heterocycles. The van der Waals surface area contributed by atoms with Crippen LogP contribution in [0.2, 0.25) is 0 Å². The highest BCUT2D eigenvalue weighted by atomic mass is 32.1. The van der Waals surface area contributed by atoms with Crippen LogP contribution in [0.3, 0.4) is 0 Å². The van der Waals surface area contributed by atoms with E-state index in [1.807, 2.05) is 0 Å². The first-order chi connectivity index (χ1) is 8.50. The molecule has 1 aromatic rings. The average molecular weight is 269 g/mol. The molecule has 1 unspecified atom stereocenters. The van der Waals surface area contributed by atoms with Gasteiger partial charge in [0, 0.05) is 19.1 Å². The number of carbonyl (C=O) groups excluding carboxylic acids is 1. The number of hydrogen-bond donors (Lipinski definition) is 2. The Balaban J connectivity index is 2.32. The number of nitrogens with zero attached hydrogens (tertiary/aromatic N) is 3. The molecule has 0 radical (unpaired) electrons. The maximum Gasteiger partial charge on any atom is 0.255 e. The number of likely N-dealkylation sites (N-methyl/N-ethyl adjacent to an activating group) is 1. The molecule has 0 aromatic carbocycles. The van der Waals surface area contributed by atoms with Crippen LogP contribution in [0.1, 0.15) is 23.7 Å². The lowest BCUT2D eigenvalue weighted by Gasteiger charge is -2.28. The van der Waals surface area contributed by atoms with Crippen LogP contribution in [0.4, 0.5) is 10.8 Å². The molecule has 1 saturated heterocycles. The van der Waals surface area contributed by atoms with Crippen molar-refractivity contribution < 1.29 is 4.79 Å². The highest BCUT2D eigenvalue weighted by molar-refractivity contribution is 7.11. The van der Waals surface area contributed by atoms with Gasteiger partial charge in [0.1, 0.15) is 10.6 Å². The lowest BCUT2D eigenvalue weighted by molar-refractivity contribution is 0.100. The molecule has 7 heteroatoms. The fraction of sp³-hybridized carbons (Fsp3) is 0.636. The van der Waals surface area contributed by atoms with Crippen molar-refractivity contribution in [3.8, 4) is 0 Å². The van der Waals surface area contributed by atoms with E-state index >= 15 is 0 Å². The van der Waals surface area contributed by atoms with Gasteiger partial charge in [-0.15, -0.1) is 0 Å². The zero-order valence-electron chi connectivity index (χ0n) is 10.7. The molecule has 1 fully saturated rings.